The molecular formula is C49H72F6N12O10. The fourth-order valence-electron chi connectivity index (χ4n) is 7.08. The minimum absolute atomic E-state index is 0.328. The third-order valence-corrected chi connectivity index (χ3v) is 10.9. The van der Waals surface area contributed by atoms with E-state index in [4.69, 9.17) is 54.0 Å². The van der Waals surface area contributed by atoms with E-state index in [0.717, 1.165) is 96.0 Å². The first-order valence-corrected chi connectivity index (χ1v) is 24.9. The Balaban J connectivity index is 0.000000325. The number of rotatable bonds is 25. The molecule has 0 spiro atoms. The van der Waals surface area contributed by atoms with Gasteiger partial charge in [-0.25, -0.2) is 39.5 Å². The van der Waals surface area contributed by atoms with Crippen molar-refractivity contribution < 1.29 is 74.6 Å². The van der Waals surface area contributed by atoms with Crippen molar-refractivity contribution in [1.82, 2.24) is 45.0 Å². The van der Waals surface area contributed by atoms with Crippen molar-refractivity contribution in [2.45, 2.75) is 76.8 Å². The molecule has 0 unspecified atom stereocenters. The highest BCUT2D eigenvalue weighted by Gasteiger charge is 2.39. The first-order valence-electron chi connectivity index (χ1n) is 24.9. The van der Waals surface area contributed by atoms with Gasteiger partial charge in [-0.1, -0.05) is 0 Å². The first-order chi connectivity index (χ1) is 36.7. The van der Waals surface area contributed by atoms with Crippen LogP contribution in [0.4, 0.5) is 38.0 Å². The number of nitrogens with two attached hydrogens (primary N) is 1. The van der Waals surface area contributed by atoms with Crippen LogP contribution in [-0.2, 0) is 9.59 Å². The number of halogens is 6. The zero-order valence-electron chi connectivity index (χ0n) is 44.0. The van der Waals surface area contributed by atoms with Crippen molar-refractivity contribution in [3.63, 3.8) is 0 Å². The molecule has 2 aliphatic rings. The molecule has 2 atom stereocenters. The molecule has 0 amide bonds. The van der Waals surface area contributed by atoms with Gasteiger partial charge in [0.05, 0.1) is 13.2 Å². The average Bonchev–Trinajstić information content (AvgIpc) is 3.39. The molecule has 4 aromatic heterocycles. The molecule has 0 aromatic carbocycles. The number of ether oxygens (including phenoxy) is 6. The monoisotopic (exact) mass is 1100 g/mol. The Morgan fingerprint density at radius 1 is 0.610 bits per heavy atom. The van der Waals surface area contributed by atoms with Crippen LogP contribution in [0.2, 0.25) is 0 Å². The summed E-state index contributed by atoms with van der Waals surface area (Å²) in [6.45, 7) is 14.4. The molecule has 77 heavy (non-hydrogen) atoms. The van der Waals surface area contributed by atoms with E-state index in [1.807, 2.05) is 24.3 Å². The van der Waals surface area contributed by atoms with Crippen molar-refractivity contribution in [2.75, 3.05) is 123 Å². The van der Waals surface area contributed by atoms with Crippen LogP contribution in [0.25, 0.3) is 0 Å². The molecule has 5 N–H and O–H groups in total. The number of unbranched alkanes of at least 4 members (excludes halogenated alkanes) is 4. The molecule has 430 valence electrons. The van der Waals surface area contributed by atoms with Gasteiger partial charge in [0.15, 0.2) is 23.1 Å². The Bertz CT molecular complexity index is 2270. The van der Waals surface area contributed by atoms with E-state index in [1.165, 1.54) is 0 Å². The lowest BCUT2D eigenvalue weighted by atomic mass is 10.2. The molecule has 0 radical (unpaired) electrons. The van der Waals surface area contributed by atoms with E-state index < -0.39 is 24.3 Å². The van der Waals surface area contributed by atoms with Gasteiger partial charge < -0.3 is 69.3 Å². The zero-order chi connectivity index (χ0) is 56.6. The van der Waals surface area contributed by atoms with Crippen LogP contribution in [0, 0.1) is 0 Å². The van der Waals surface area contributed by atoms with Crippen LogP contribution in [0.1, 0.15) is 52.4 Å². The number of aliphatic carboxylic acids is 2. The third kappa shape index (κ3) is 25.3. The Morgan fingerprint density at radius 3 is 1.48 bits per heavy atom. The standard InChI is InChI=1S/C24H38N6O3.C21H32N6O3.2C2HF3O2/c1-20-19-29(4)14-15-30(20)22-24(27-12-11-25-22)33-18-17-31-21-9-8-10-26-23(21)32-16-7-5-6-13-28(2)3;1-17-16-23-11-12-27(17)19-21(26-10-9-24-19)30-15-14-28-18-6-5-8-25-20(18)29-13-4-2-3-7-22;2*3-2(4,5)1(6)7/h8-12,20H,5-7,13-19H2,1-4H3;5-6,8-10,17,23H,2-4,7,11-16,22H2,1H3;2*(H,6,7)/t20-;17-;;/m11../s1. The number of aromatic nitrogens is 6. The summed E-state index contributed by atoms with van der Waals surface area (Å²) in [5.74, 6) is -0.629. The SMILES string of the molecule is C[C@@H]1CN(C)CCN1c1nccnc1OCCOc1cccnc1OCCCCCN(C)C.C[C@@H]1CNCCN1c1nccnc1OCCOc1cccnc1OCCCCCN.O=C(O)C(F)(F)F.O=C(O)C(F)(F)F. The van der Waals surface area contributed by atoms with Crippen LogP contribution in [-0.4, -0.2) is 199 Å². The summed E-state index contributed by atoms with van der Waals surface area (Å²) in [6, 6.07) is 8.05. The molecule has 2 fully saturated rings. The molecular weight excluding hydrogens is 1030 g/mol. The topological polar surface area (TPSA) is 258 Å². The number of hydrogen-bond acceptors (Lipinski definition) is 20. The lowest BCUT2D eigenvalue weighted by molar-refractivity contribution is -0.193. The van der Waals surface area contributed by atoms with Gasteiger partial charge in [-0.3, -0.25) is 0 Å². The number of anilines is 2. The average molecular weight is 1100 g/mol. The zero-order valence-corrected chi connectivity index (χ0v) is 44.0. The summed E-state index contributed by atoms with van der Waals surface area (Å²) >= 11 is 0. The van der Waals surface area contributed by atoms with Gasteiger partial charge in [0, 0.05) is 88.5 Å². The van der Waals surface area contributed by atoms with E-state index in [2.05, 4.69) is 89.8 Å². The largest absolute Gasteiger partial charge is 0.490 e. The molecule has 28 heteroatoms. The van der Waals surface area contributed by atoms with Gasteiger partial charge in [-0.2, -0.15) is 26.3 Å². The van der Waals surface area contributed by atoms with Crippen molar-refractivity contribution in [2.24, 2.45) is 5.73 Å². The number of hydrogen-bond donors (Lipinski definition) is 4. The molecule has 6 rings (SSSR count). The predicted octanol–water partition coefficient (Wildman–Crippen LogP) is 5.48. The summed E-state index contributed by atoms with van der Waals surface area (Å²) in [5.41, 5.74) is 5.52. The first kappa shape index (κ1) is 64.5. The quantitative estimate of drug-likeness (QED) is 0.0473. The number of likely N-dealkylation sites (N-methyl/N-ethyl adjacent to an activating group) is 1. The summed E-state index contributed by atoms with van der Waals surface area (Å²) < 4.78 is 98.7. The molecule has 0 bridgehead atoms. The molecule has 22 nitrogen and oxygen atoms in total. The number of carboxylic acid groups (broad SMARTS) is 2. The van der Waals surface area contributed by atoms with E-state index in [9.17, 15) is 26.3 Å². The lowest BCUT2D eigenvalue weighted by Crippen LogP contribution is -2.51. The van der Waals surface area contributed by atoms with Gasteiger partial charge in [0.2, 0.25) is 0 Å². The Hall–Kier alpha value is -6.78. The summed E-state index contributed by atoms with van der Waals surface area (Å²) in [7, 11) is 6.33. The fraction of sp³-hybridized carbons (Fsp3) is 0.592. The van der Waals surface area contributed by atoms with E-state index >= 15 is 0 Å². The molecule has 0 aliphatic carbocycles. The molecule has 0 saturated carbocycles. The number of pyridine rings is 2. The maximum Gasteiger partial charge on any atom is 0.490 e. The highest BCUT2D eigenvalue weighted by Crippen LogP contribution is 2.29. The maximum atomic E-state index is 10.6. The fourth-order valence-corrected chi connectivity index (χ4v) is 7.08. The van der Waals surface area contributed by atoms with Gasteiger partial charge in [0.25, 0.3) is 23.5 Å². The summed E-state index contributed by atoms with van der Waals surface area (Å²) in [5, 5.41) is 17.6. The number of carbonyl (C=O) groups is 2. The van der Waals surface area contributed by atoms with Gasteiger partial charge in [0.1, 0.15) is 26.4 Å². The van der Waals surface area contributed by atoms with Crippen molar-refractivity contribution in [3.05, 3.63) is 61.4 Å². The molecule has 2 aliphatic heterocycles. The minimum atomic E-state index is -5.08. The number of nitrogens with zero attached hydrogens (tertiary/aromatic N) is 10. The minimum Gasteiger partial charge on any atom is -0.484 e. The predicted molar refractivity (Wildman–Crippen MR) is 272 cm³/mol. The maximum absolute atomic E-state index is 10.6. The summed E-state index contributed by atoms with van der Waals surface area (Å²) in [4.78, 5) is 53.2. The Labute approximate surface area is 444 Å². The van der Waals surface area contributed by atoms with E-state index in [-0.39, 0.29) is 0 Å². The van der Waals surface area contributed by atoms with Crippen LogP contribution >= 0.6 is 0 Å². The van der Waals surface area contributed by atoms with Crippen molar-refractivity contribution >= 4 is 23.6 Å². The van der Waals surface area contributed by atoms with Crippen molar-refractivity contribution in [3.8, 4) is 35.0 Å². The van der Waals surface area contributed by atoms with Crippen LogP contribution in [0.15, 0.2) is 61.4 Å². The second-order valence-electron chi connectivity index (χ2n) is 17.4. The molecule has 2 saturated heterocycles. The number of carboxylic acids is 2. The highest BCUT2D eigenvalue weighted by molar-refractivity contribution is 5.73. The second-order valence-corrected chi connectivity index (χ2v) is 17.4. The molecule has 4 aromatic rings. The number of piperazine rings is 2. The van der Waals surface area contributed by atoms with Crippen LogP contribution in [0.3, 0.4) is 0 Å². The van der Waals surface area contributed by atoms with Gasteiger partial charge in [-0.05, 0) is 111 Å². The number of alkyl halides is 6. The molecule has 6 heterocycles. The highest BCUT2D eigenvalue weighted by atomic mass is 19.4. The lowest BCUT2D eigenvalue weighted by Gasteiger charge is -2.39. The van der Waals surface area contributed by atoms with E-state index in [0.29, 0.717) is 93.3 Å². The van der Waals surface area contributed by atoms with Gasteiger partial charge in [-0.15, -0.1) is 0 Å². The van der Waals surface area contributed by atoms with Crippen molar-refractivity contribution in [1.29, 1.82) is 0 Å². The Morgan fingerprint density at radius 2 is 1.04 bits per heavy atom. The van der Waals surface area contributed by atoms with Crippen LogP contribution < -0.4 is 49.3 Å². The van der Waals surface area contributed by atoms with Gasteiger partial charge >= 0.3 is 24.3 Å². The van der Waals surface area contributed by atoms with Crippen LogP contribution in [0.5, 0.6) is 35.0 Å². The Kier molecular flexibility index (Phi) is 29.2. The number of nitrogens with one attached hydrogen (secondary N) is 1. The smallest absolute Gasteiger partial charge is 0.484 e. The summed E-state index contributed by atoms with van der Waals surface area (Å²) in [6.07, 6.45) is 6.22. The third-order valence-electron chi connectivity index (χ3n) is 10.9. The second kappa shape index (κ2) is 34.8. The van der Waals surface area contributed by atoms with E-state index in [1.54, 1.807) is 37.2 Å². The normalized spacial score (nSPS) is 15.6.